The molecule has 0 saturated heterocycles. The van der Waals surface area contributed by atoms with Crippen LogP contribution < -0.4 is 0 Å². The monoisotopic (exact) mass is 132 g/mol. The van der Waals surface area contributed by atoms with Gasteiger partial charge in [-0.3, -0.25) is 0 Å². The summed E-state index contributed by atoms with van der Waals surface area (Å²) in [6, 6.07) is 3.81. The number of aromatic amines is 1. The minimum atomic E-state index is 0.628. The topological polar surface area (TPSA) is 52.7 Å². The molecule has 0 radical (unpaired) electrons. The van der Waals surface area contributed by atoms with Gasteiger partial charge in [-0.25, -0.2) is 0 Å². The van der Waals surface area contributed by atoms with Crippen molar-refractivity contribution < 1.29 is 4.42 Å². The highest BCUT2D eigenvalue weighted by Gasteiger charge is 2.02. The Bertz CT molecular complexity index is 391. The summed E-state index contributed by atoms with van der Waals surface area (Å²) in [6.45, 7) is 0. The van der Waals surface area contributed by atoms with E-state index >= 15 is 0 Å². The molecule has 0 bridgehead atoms. The fourth-order valence-electron chi connectivity index (χ4n) is 0.941. The first kappa shape index (κ1) is 5.12. The van der Waals surface area contributed by atoms with E-state index in [4.69, 9.17) is 9.68 Å². The first-order chi connectivity index (χ1) is 4.92. The van der Waals surface area contributed by atoms with Crippen molar-refractivity contribution in [3.63, 3.8) is 0 Å². The van der Waals surface area contributed by atoms with Gasteiger partial charge in [0.15, 0.2) is 0 Å². The van der Waals surface area contributed by atoms with E-state index in [0.29, 0.717) is 11.3 Å². The highest BCUT2D eigenvalue weighted by molar-refractivity contribution is 5.81. The maximum atomic E-state index is 8.53. The molecule has 0 aliphatic rings. The van der Waals surface area contributed by atoms with Crippen LogP contribution in [-0.4, -0.2) is 4.98 Å². The van der Waals surface area contributed by atoms with Crippen LogP contribution in [0.5, 0.6) is 0 Å². The van der Waals surface area contributed by atoms with Gasteiger partial charge >= 0.3 is 0 Å². The van der Waals surface area contributed by atoms with E-state index in [1.54, 1.807) is 18.5 Å². The molecule has 3 heteroatoms. The number of hydrogen-bond acceptors (Lipinski definition) is 2. The Hall–Kier alpha value is -1.69. The number of fused-ring (bicyclic) bond motifs is 1. The predicted octanol–water partition coefficient (Wildman–Crippen LogP) is 1.63. The van der Waals surface area contributed by atoms with Gasteiger partial charge < -0.3 is 9.40 Å². The van der Waals surface area contributed by atoms with Gasteiger partial charge in [0.05, 0.1) is 17.2 Å². The van der Waals surface area contributed by atoms with Crippen LogP contribution in [0, 0.1) is 11.3 Å². The smallest absolute Gasteiger partial charge is 0.205 e. The van der Waals surface area contributed by atoms with Crippen LogP contribution in [0.15, 0.2) is 22.9 Å². The second-order valence-corrected chi connectivity index (χ2v) is 1.98. The number of aromatic nitrogens is 1. The van der Waals surface area contributed by atoms with Crippen LogP contribution in [-0.2, 0) is 0 Å². The molecule has 1 N–H and O–H groups in total. The number of H-pyrrole nitrogens is 1. The van der Waals surface area contributed by atoms with Crippen molar-refractivity contribution >= 4 is 11.1 Å². The lowest BCUT2D eigenvalue weighted by molar-refractivity contribution is 0.604. The van der Waals surface area contributed by atoms with Crippen molar-refractivity contribution in [3.05, 3.63) is 24.1 Å². The molecule has 3 nitrogen and oxygen atoms in total. The molecule has 2 aromatic rings. The molecule has 0 aliphatic heterocycles. The van der Waals surface area contributed by atoms with Gasteiger partial charge in [-0.15, -0.1) is 0 Å². The van der Waals surface area contributed by atoms with Gasteiger partial charge in [0.1, 0.15) is 6.07 Å². The minimum absolute atomic E-state index is 0.628. The lowest BCUT2D eigenvalue weighted by Crippen LogP contribution is -1.60. The standard InChI is InChI=1S/C7H4N2O/c8-3-5-4-9-7-6(5)1-2-10-7/h1-2,4,9H. The van der Waals surface area contributed by atoms with Gasteiger partial charge in [-0.2, -0.15) is 5.26 Å². The summed E-state index contributed by atoms with van der Waals surface area (Å²) in [5.41, 5.74) is 1.29. The molecule has 0 aliphatic carbocycles. The first-order valence-electron chi connectivity index (χ1n) is 2.86. The zero-order valence-electron chi connectivity index (χ0n) is 5.09. The summed E-state index contributed by atoms with van der Waals surface area (Å²) < 4.78 is 4.99. The molecule has 0 amide bonds. The lowest BCUT2D eigenvalue weighted by Gasteiger charge is -1.70. The van der Waals surface area contributed by atoms with E-state index in [-0.39, 0.29) is 0 Å². The van der Waals surface area contributed by atoms with Crippen LogP contribution in [0.4, 0.5) is 0 Å². The minimum Gasteiger partial charge on any atom is -0.448 e. The molecule has 0 atom stereocenters. The van der Waals surface area contributed by atoms with Crippen LogP contribution in [0.1, 0.15) is 5.56 Å². The molecule has 10 heavy (non-hydrogen) atoms. The summed E-state index contributed by atoms with van der Waals surface area (Å²) in [5.74, 6) is 0. The Morgan fingerprint density at radius 3 is 3.30 bits per heavy atom. The molecule has 2 aromatic heterocycles. The number of nitriles is 1. The maximum absolute atomic E-state index is 8.53. The first-order valence-corrected chi connectivity index (χ1v) is 2.86. The molecule has 0 unspecified atom stereocenters. The van der Waals surface area contributed by atoms with Gasteiger partial charge in [-0.05, 0) is 6.07 Å². The summed E-state index contributed by atoms with van der Waals surface area (Å²) in [7, 11) is 0. The Morgan fingerprint density at radius 2 is 2.50 bits per heavy atom. The van der Waals surface area contributed by atoms with Crippen LogP contribution in [0.3, 0.4) is 0 Å². The second-order valence-electron chi connectivity index (χ2n) is 1.98. The third-order valence-electron chi connectivity index (χ3n) is 1.42. The van der Waals surface area contributed by atoms with E-state index in [0.717, 1.165) is 5.39 Å². The number of rotatable bonds is 0. The maximum Gasteiger partial charge on any atom is 0.205 e. The lowest BCUT2D eigenvalue weighted by atomic mass is 10.3. The van der Waals surface area contributed by atoms with Gasteiger partial charge in [0.2, 0.25) is 5.71 Å². The zero-order valence-corrected chi connectivity index (χ0v) is 5.09. The average molecular weight is 132 g/mol. The SMILES string of the molecule is N#Cc1c[nH]c2occc12. The predicted molar refractivity (Wildman–Crippen MR) is 35.3 cm³/mol. The summed E-state index contributed by atoms with van der Waals surface area (Å²) in [6.07, 6.45) is 3.19. The molecule has 2 heterocycles. The van der Waals surface area contributed by atoms with Crippen molar-refractivity contribution in [1.82, 2.24) is 4.98 Å². The number of nitrogens with one attached hydrogen (secondary N) is 1. The Labute approximate surface area is 56.9 Å². The van der Waals surface area contributed by atoms with Gasteiger partial charge in [-0.1, -0.05) is 0 Å². The third kappa shape index (κ3) is 0.477. The van der Waals surface area contributed by atoms with E-state index in [1.807, 2.05) is 6.07 Å². The van der Waals surface area contributed by atoms with Gasteiger partial charge in [0, 0.05) is 6.20 Å². The molecular weight excluding hydrogens is 128 g/mol. The molecule has 0 saturated carbocycles. The number of nitrogens with zero attached hydrogens (tertiary/aromatic N) is 1. The highest BCUT2D eigenvalue weighted by atomic mass is 16.3. The second kappa shape index (κ2) is 1.64. The highest BCUT2D eigenvalue weighted by Crippen LogP contribution is 2.17. The summed E-state index contributed by atoms with van der Waals surface area (Å²) in [4.78, 5) is 2.83. The Balaban J connectivity index is 2.92. The van der Waals surface area contributed by atoms with Crippen LogP contribution >= 0.6 is 0 Å². The molecule has 2 rings (SSSR count). The normalized spacial score (nSPS) is 9.90. The fourth-order valence-corrected chi connectivity index (χ4v) is 0.941. The Kier molecular flexibility index (Phi) is 0.842. The van der Waals surface area contributed by atoms with E-state index in [1.165, 1.54) is 0 Å². The third-order valence-corrected chi connectivity index (χ3v) is 1.42. The van der Waals surface area contributed by atoms with E-state index in [9.17, 15) is 0 Å². The van der Waals surface area contributed by atoms with Crippen molar-refractivity contribution in [2.75, 3.05) is 0 Å². The molecule has 0 fully saturated rings. The van der Waals surface area contributed by atoms with Gasteiger partial charge in [0.25, 0.3) is 0 Å². The largest absolute Gasteiger partial charge is 0.448 e. The average Bonchev–Trinajstić information content (AvgIpc) is 2.44. The fraction of sp³-hybridized carbons (Fsp3) is 0. The number of hydrogen-bond donors (Lipinski definition) is 1. The van der Waals surface area contributed by atoms with Crippen LogP contribution in [0.2, 0.25) is 0 Å². The molecule has 48 valence electrons. The molecular formula is C7H4N2O. The van der Waals surface area contributed by atoms with Crippen LogP contribution in [0.25, 0.3) is 11.1 Å². The molecule has 0 aromatic carbocycles. The quantitative estimate of drug-likeness (QED) is 0.592. The summed E-state index contributed by atoms with van der Waals surface area (Å²) in [5, 5.41) is 9.38. The van der Waals surface area contributed by atoms with Crippen molar-refractivity contribution in [3.8, 4) is 6.07 Å². The van der Waals surface area contributed by atoms with E-state index < -0.39 is 0 Å². The zero-order chi connectivity index (χ0) is 6.97. The summed E-state index contributed by atoms with van der Waals surface area (Å²) >= 11 is 0. The Morgan fingerprint density at radius 1 is 1.60 bits per heavy atom. The number of furan rings is 1. The van der Waals surface area contributed by atoms with Crippen molar-refractivity contribution in [1.29, 1.82) is 5.26 Å². The van der Waals surface area contributed by atoms with E-state index in [2.05, 4.69) is 4.98 Å². The van der Waals surface area contributed by atoms with Crippen molar-refractivity contribution in [2.24, 2.45) is 0 Å². The van der Waals surface area contributed by atoms with Crippen molar-refractivity contribution in [2.45, 2.75) is 0 Å². The molecule has 0 spiro atoms.